The lowest BCUT2D eigenvalue weighted by atomic mass is 9.97. The maximum absolute atomic E-state index is 14.2. The Morgan fingerprint density at radius 1 is 0.919 bits per heavy atom. The van der Waals surface area contributed by atoms with E-state index in [1.54, 1.807) is 17.0 Å². The first-order valence-electron chi connectivity index (χ1n) is 12.2. The topological polar surface area (TPSA) is 57.6 Å². The number of aromatic nitrogens is 1. The van der Waals surface area contributed by atoms with E-state index in [0.717, 1.165) is 35.5 Å². The number of nitrogens with zero attached hydrogens (tertiary/aromatic N) is 3. The molecule has 0 spiro atoms. The average molecular weight is 515 g/mol. The Bertz CT molecular complexity index is 1480. The van der Waals surface area contributed by atoms with Gasteiger partial charge in [0.25, 0.3) is 0 Å². The zero-order chi connectivity index (χ0) is 25.5. The molecule has 4 aromatic rings. The van der Waals surface area contributed by atoms with Gasteiger partial charge in [0.15, 0.2) is 0 Å². The van der Waals surface area contributed by atoms with Gasteiger partial charge in [-0.05, 0) is 66.9 Å². The van der Waals surface area contributed by atoms with Gasteiger partial charge in [0.2, 0.25) is 5.91 Å². The molecule has 1 atom stereocenters. The number of urea groups is 1. The number of fused-ring (bicyclic) bond motifs is 3. The highest BCUT2D eigenvalue weighted by molar-refractivity contribution is 6.30. The molecule has 0 bridgehead atoms. The van der Waals surface area contributed by atoms with Crippen LogP contribution in [0.1, 0.15) is 30.1 Å². The first kappa shape index (κ1) is 23.3. The summed E-state index contributed by atoms with van der Waals surface area (Å²) in [6, 6.07) is 24.2. The highest BCUT2D eigenvalue weighted by Gasteiger charge is 2.40. The van der Waals surface area contributed by atoms with Gasteiger partial charge >= 0.3 is 6.03 Å². The fraction of sp³-hybridized carbons (Fsp3) is 0.172. The second-order valence-electron chi connectivity index (χ2n) is 9.28. The Hall–Kier alpha value is -4.10. The molecule has 1 unspecified atom stereocenters. The van der Waals surface area contributed by atoms with Gasteiger partial charge in [-0.2, -0.15) is 0 Å². The van der Waals surface area contributed by atoms with Crippen molar-refractivity contribution in [3.63, 3.8) is 0 Å². The van der Waals surface area contributed by atoms with E-state index in [-0.39, 0.29) is 24.2 Å². The molecule has 1 fully saturated rings. The lowest BCUT2D eigenvalue weighted by Gasteiger charge is -2.39. The minimum atomic E-state index is -0.522. The molecule has 37 heavy (non-hydrogen) atoms. The number of para-hydroxylation sites is 3. The van der Waals surface area contributed by atoms with Gasteiger partial charge in [-0.1, -0.05) is 48.0 Å². The van der Waals surface area contributed by atoms with Crippen LogP contribution in [0.2, 0.25) is 5.02 Å². The fourth-order valence-corrected chi connectivity index (χ4v) is 5.07. The monoisotopic (exact) mass is 514 g/mol. The van der Waals surface area contributed by atoms with E-state index in [9.17, 15) is 14.0 Å². The zero-order valence-electron chi connectivity index (χ0n) is 19.9. The molecule has 1 aliphatic heterocycles. The number of anilines is 2. The molecule has 2 aliphatic rings. The molecule has 0 radical (unpaired) electrons. The number of hydrogen-bond acceptors (Lipinski definition) is 2. The number of hydrogen-bond donors (Lipinski definition) is 1. The molecule has 2 heterocycles. The maximum atomic E-state index is 14.2. The third-order valence-corrected chi connectivity index (χ3v) is 7.10. The van der Waals surface area contributed by atoms with Crippen LogP contribution in [0.15, 0.2) is 91.1 Å². The van der Waals surface area contributed by atoms with Crippen molar-refractivity contribution in [2.24, 2.45) is 0 Å². The predicted molar refractivity (Wildman–Crippen MR) is 142 cm³/mol. The molecular weight excluding hydrogens is 491 g/mol. The quantitative estimate of drug-likeness (QED) is 0.335. The molecule has 6 rings (SSSR count). The average Bonchev–Trinajstić information content (AvgIpc) is 3.63. The molecule has 186 valence electrons. The predicted octanol–water partition coefficient (Wildman–Crippen LogP) is 6.40. The molecule has 8 heteroatoms. The van der Waals surface area contributed by atoms with Crippen molar-refractivity contribution in [1.29, 1.82) is 0 Å². The third kappa shape index (κ3) is 4.36. The van der Waals surface area contributed by atoms with Gasteiger partial charge in [-0.25, -0.2) is 9.18 Å². The van der Waals surface area contributed by atoms with E-state index in [1.165, 1.54) is 17.0 Å². The van der Waals surface area contributed by atoms with Crippen molar-refractivity contribution in [3.05, 3.63) is 113 Å². The molecule has 1 saturated carbocycles. The number of carbonyl (C=O) groups excluding carboxylic acids is 2. The van der Waals surface area contributed by atoms with Crippen LogP contribution < -0.4 is 10.2 Å². The van der Waals surface area contributed by atoms with E-state index >= 15 is 0 Å². The summed E-state index contributed by atoms with van der Waals surface area (Å²) in [5, 5.41) is 3.25. The Morgan fingerprint density at radius 2 is 1.62 bits per heavy atom. The lowest BCUT2D eigenvalue weighted by molar-refractivity contribution is -0.119. The Labute approximate surface area is 218 Å². The summed E-state index contributed by atoms with van der Waals surface area (Å²) < 4.78 is 16.3. The summed E-state index contributed by atoms with van der Waals surface area (Å²) in [4.78, 5) is 30.6. The molecule has 3 amide bonds. The van der Waals surface area contributed by atoms with Crippen LogP contribution in [-0.2, 0) is 4.79 Å². The first-order chi connectivity index (χ1) is 18.0. The molecule has 0 saturated heterocycles. The first-order valence-corrected chi connectivity index (χ1v) is 12.6. The SMILES string of the molecule is O=C(Nc1ccccc1F)N(CC(=O)N1c2ccccc2-n2cccc2C1c1ccc(Cl)cc1)C1CC1. The number of carbonyl (C=O) groups is 2. The molecular formula is C29H24ClFN4O2. The largest absolute Gasteiger partial charge is 0.322 e. The Kier molecular flexibility index (Phi) is 5.93. The van der Waals surface area contributed by atoms with Crippen molar-refractivity contribution in [2.45, 2.75) is 24.9 Å². The van der Waals surface area contributed by atoms with Crippen LogP contribution in [0.3, 0.4) is 0 Å². The van der Waals surface area contributed by atoms with Crippen LogP contribution in [0, 0.1) is 5.82 Å². The lowest BCUT2D eigenvalue weighted by Crippen LogP contribution is -2.48. The van der Waals surface area contributed by atoms with Crippen LogP contribution >= 0.6 is 11.6 Å². The van der Waals surface area contributed by atoms with Crippen LogP contribution in [0.25, 0.3) is 5.69 Å². The summed E-state index contributed by atoms with van der Waals surface area (Å²) in [7, 11) is 0. The minimum absolute atomic E-state index is 0.0615. The summed E-state index contributed by atoms with van der Waals surface area (Å²) in [6.45, 7) is -0.135. The molecule has 3 aromatic carbocycles. The van der Waals surface area contributed by atoms with E-state index in [4.69, 9.17) is 11.6 Å². The zero-order valence-corrected chi connectivity index (χ0v) is 20.6. The fourth-order valence-electron chi connectivity index (χ4n) is 4.95. The number of halogens is 2. The molecule has 6 nitrogen and oxygen atoms in total. The van der Waals surface area contributed by atoms with E-state index in [0.29, 0.717) is 5.02 Å². The highest BCUT2D eigenvalue weighted by Crippen LogP contribution is 2.42. The van der Waals surface area contributed by atoms with Gasteiger partial charge in [-0.3, -0.25) is 9.69 Å². The van der Waals surface area contributed by atoms with Crippen LogP contribution in [-0.4, -0.2) is 34.0 Å². The smallest absolute Gasteiger partial charge is 0.316 e. The van der Waals surface area contributed by atoms with Gasteiger partial charge < -0.3 is 14.8 Å². The maximum Gasteiger partial charge on any atom is 0.322 e. The van der Waals surface area contributed by atoms with E-state index in [1.807, 2.05) is 66.9 Å². The number of benzene rings is 3. The van der Waals surface area contributed by atoms with Crippen molar-refractivity contribution in [1.82, 2.24) is 9.47 Å². The second kappa shape index (κ2) is 9.41. The van der Waals surface area contributed by atoms with Crippen molar-refractivity contribution in [2.75, 3.05) is 16.8 Å². The standard InChI is InChI=1S/C29H24ClFN4O2/c30-20-13-11-19(12-14-20)28-26-10-5-17-33(26)24-8-3-4-9-25(24)35(28)27(36)18-34(21-15-16-21)29(37)32-23-7-2-1-6-22(23)31/h1-14,17,21,28H,15-16,18H2,(H,32,37). The number of rotatable bonds is 5. The molecule has 1 aromatic heterocycles. The number of nitrogens with one attached hydrogen (secondary N) is 1. The summed E-state index contributed by atoms with van der Waals surface area (Å²) in [6.07, 6.45) is 3.59. The van der Waals surface area contributed by atoms with Crippen LogP contribution in [0.5, 0.6) is 0 Å². The van der Waals surface area contributed by atoms with Gasteiger partial charge in [0, 0.05) is 17.3 Å². The Balaban J connectivity index is 1.36. The minimum Gasteiger partial charge on any atom is -0.316 e. The molecule has 1 aliphatic carbocycles. The van der Waals surface area contributed by atoms with Crippen molar-refractivity contribution >= 4 is 34.9 Å². The Morgan fingerprint density at radius 3 is 2.35 bits per heavy atom. The molecule has 1 N–H and O–H groups in total. The van der Waals surface area contributed by atoms with Gasteiger partial charge in [-0.15, -0.1) is 0 Å². The van der Waals surface area contributed by atoms with E-state index in [2.05, 4.69) is 9.88 Å². The second-order valence-corrected chi connectivity index (χ2v) is 9.72. The van der Waals surface area contributed by atoms with Crippen molar-refractivity contribution in [3.8, 4) is 5.69 Å². The van der Waals surface area contributed by atoms with E-state index < -0.39 is 17.9 Å². The normalized spacial score (nSPS) is 16.1. The van der Waals surface area contributed by atoms with Crippen molar-refractivity contribution < 1.29 is 14.0 Å². The summed E-state index contributed by atoms with van der Waals surface area (Å²) >= 11 is 6.17. The highest BCUT2D eigenvalue weighted by atomic mass is 35.5. The third-order valence-electron chi connectivity index (χ3n) is 6.84. The number of amides is 3. The summed E-state index contributed by atoms with van der Waals surface area (Å²) in [5.41, 5.74) is 3.56. The van der Waals surface area contributed by atoms with Gasteiger partial charge in [0.05, 0.1) is 22.8 Å². The summed E-state index contributed by atoms with van der Waals surface area (Å²) in [5.74, 6) is -0.748. The van der Waals surface area contributed by atoms with Gasteiger partial charge in [0.1, 0.15) is 18.4 Å². The van der Waals surface area contributed by atoms with Crippen LogP contribution in [0.4, 0.5) is 20.6 Å².